The highest BCUT2D eigenvalue weighted by Gasteiger charge is 2.33. The van der Waals surface area contributed by atoms with Crippen molar-refractivity contribution in [1.29, 1.82) is 0 Å². The minimum Gasteiger partial charge on any atom is -0.339 e. The van der Waals surface area contributed by atoms with Crippen molar-refractivity contribution in [3.63, 3.8) is 0 Å². The average Bonchev–Trinajstić information content (AvgIpc) is 3.79. The van der Waals surface area contributed by atoms with Crippen LogP contribution in [0.1, 0.15) is 181 Å². The Morgan fingerprint density at radius 3 is 1.23 bits per heavy atom. The number of allylic oxidation sites excluding steroid dienone is 6. The van der Waals surface area contributed by atoms with Crippen LogP contribution in [0.2, 0.25) is 0 Å². The van der Waals surface area contributed by atoms with Crippen molar-refractivity contribution in [3.8, 4) is 0 Å². The van der Waals surface area contributed by atoms with Gasteiger partial charge in [-0.1, -0.05) is 153 Å². The lowest BCUT2D eigenvalue weighted by Crippen LogP contribution is -2.20. The summed E-state index contributed by atoms with van der Waals surface area (Å²) in [5, 5.41) is 2.38. The molecule has 0 aromatic rings. The van der Waals surface area contributed by atoms with Gasteiger partial charge in [-0.3, -0.25) is 4.79 Å². The van der Waals surface area contributed by atoms with Crippen molar-refractivity contribution >= 4 is 29.3 Å². The van der Waals surface area contributed by atoms with E-state index in [2.05, 4.69) is 23.6 Å². The Bertz CT molecular complexity index is 932. The fraction of sp³-hybridized carbons (Fsp3) is 0.769. The van der Waals surface area contributed by atoms with Crippen LogP contribution in [0.4, 0.5) is 0 Å². The van der Waals surface area contributed by atoms with Gasteiger partial charge in [0.15, 0.2) is 5.78 Å². The molecule has 3 nitrogen and oxygen atoms in total. The van der Waals surface area contributed by atoms with Crippen molar-refractivity contribution in [2.45, 2.75) is 181 Å². The van der Waals surface area contributed by atoms with E-state index >= 15 is 0 Å². The highest BCUT2D eigenvalue weighted by molar-refractivity contribution is 8.07. The average molecular weight is 641 g/mol. The summed E-state index contributed by atoms with van der Waals surface area (Å²) in [4.78, 5) is 21.6. The predicted octanol–water partition coefficient (Wildman–Crippen LogP) is 13.0. The first-order valence-corrected chi connectivity index (χ1v) is 20.7. The molecule has 0 N–H and O–H groups in total. The van der Waals surface area contributed by atoms with E-state index in [-0.39, 0.29) is 5.78 Å². The number of hydrogen-bond donors (Lipinski definition) is 0. The largest absolute Gasteiger partial charge is 0.339 e. The van der Waals surface area contributed by atoms with E-state index in [9.17, 15) is 4.79 Å². The third-order valence-electron chi connectivity index (χ3n) is 9.92. The molecule has 0 saturated heterocycles. The molecule has 0 amide bonds. The van der Waals surface area contributed by atoms with Crippen LogP contribution >= 0.6 is 23.5 Å². The molecule has 0 bridgehead atoms. The molecule has 248 valence electrons. The summed E-state index contributed by atoms with van der Waals surface area (Å²) >= 11 is 3.78. The first kappa shape index (κ1) is 35.8. The lowest BCUT2D eigenvalue weighted by atomic mass is 10.1. The van der Waals surface area contributed by atoms with Crippen LogP contribution in [0, 0.1) is 0 Å². The van der Waals surface area contributed by atoms with Crippen LogP contribution in [0.25, 0.3) is 0 Å². The van der Waals surface area contributed by atoms with E-state index < -0.39 is 0 Å². The van der Waals surface area contributed by atoms with E-state index in [1.807, 2.05) is 35.7 Å². The molecule has 0 saturated carbocycles. The van der Waals surface area contributed by atoms with Crippen molar-refractivity contribution in [2.75, 3.05) is 13.1 Å². The molecule has 4 aliphatic rings. The molecule has 2 heterocycles. The lowest BCUT2D eigenvalue weighted by molar-refractivity contribution is -0.110. The number of thioether (sulfide) groups is 2. The Labute approximate surface area is 280 Å². The molecule has 0 fully saturated rings. The van der Waals surface area contributed by atoms with Gasteiger partial charge in [0.25, 0.3) is 0 Å². The minimum atomic E-state index is 0.179. The Morgan fingerprint density at radius 1 is 0.523 bits per heavy atom. The summed E-state index contributed by atoms with van der Waals surface area (Å²) < 4.78 is 0. The van der Waals surface area contributed by atoms with E-state index in [4.69, 9.17) is 0 Å². The zero-order chi connectivity index (χ0) is 30.8. The zero-order valence-corrected chi connectivity index (χ0v) is 30.2. The second-order valence-electron chi connectivity index (χ2n) is 13.7. The van der Waals surface area contributed by atoms with Gasteiger partial charge in [0, 0.05) is 46.4 Å². The van der Waals surface area contributed by atoms with E-state index in [1.165, 1.54) is 198 Å². The molecule has 0 radical (unpaired) electrons. The monoisotopic (exact) mass is 640 g/mol. The molecule has 5 heteroatoms. The standard InChI is InChI=1S/C39H64N2OS2/c1-3-5-7-9-11-13-15-17-19-21-29-40-34-25-23-27-36(34)43-38(40)31-33(42)32-39-41(35-26-24-28-37(35)44-39)30-22-20-18-16-14-12-10-8-6-4-2/h31-32H,3-30H2,1-2H3. The molecular weight excluding hydrogens is 577 g/mol. The van der Waals surface area contributed by atoms with Crippen LogP contribution in [-0.4, -0.2) is 28.7 Å². The Balaban J connectivity index is 1.22. The van der Waals surface area contributed by atoms with Gasteiger partial charge < -0.3 is 9.80 Å². The number of carbonyl (C=O) groups excluding carboxylic acids is 1. The smallest absolute Gasteiger partial charge is 0.183 e. The van der Waals surface area contributed by atoms with Gasteiger partial charge in [0.2, 0.25) is 0 Å². The Hall–Kier alpha value is -1.07. The fourth-order valence-corrected chi connectivity index (χ4v) is 9.96. The molecule has 44 heavy (non-hydrogen) atoms. The molecule has 2 aliphatic heterocycles. The Kier molecular flexibility index (Phi) is 17.0. The van der Waals surface area contributed by atoms with Crippen LogP contribution < -0.4 is 0 Å². The van der Waals surface area contributed by atoms with Gasteiger partial charge in [-0.25, -0.2) is 0 Å². The third kappa shape index (κ3) is 11.6. The van der Waals surface area contributed by atoms with Crippen LogP contribution in [-0.2, 0) is 4.79 Å². The zero-order valence-electron chi connectivity index (χ0n) is 28.6. The number of nitrogens with zero attached hydrogens (tertiary/aromatic N) is 2. The number of ketones is 1. The molecule has 0 aromatic heterocycles. The molecular formula is C39H64N2OS2. The number of unbranched alkanes of at least 4 members (excludes halogenated alkanes) is 18. The van der Waals surface area contributed by atoms with Gasteiger partial charge in [0.1, 0.15) is 0 Å². The summed E-state index contributed by atoms with van der Waals surface area (Å²) in [5.74, 6) is 0.179. The number of carbonyl (C=O) groups is 1. The van der Waals surface area contributed by atoms with Crippen molar-refractivity contribution in [3.05, 3.63) is 43.4 Å². The fourth-order valence-electron chi connectivity index (χ4n) is 7.32. The SMILES string of the molecule is CCCCCCCCCCCCN1C(=CC(=O)C=C2SC3=C(CCC3)N2CCCCCCCCCCCC)SC2=C1CCC2. The predicted molar refractivity (Wildman–Crippen MR) is 195 cm³/mol. The maximum atomic E-state index is 13.5. The normalized spacial score (nSPS) is 19.9. The van der Waals surface area contributed by atoms with Gasteiger partial charge in [0.05, 0.1) is 10.1 Å². The summed E-state index contributed by atoms with van der Waals surface area (Å²) in [6, 6.07) is 0. The van der Waals surface area contributed by atoms with Crippen molar-refractivity contribution in [2.24, 2.45) is 0 Å². The number of rotatable bonds is 24. The first-order chi connectivity index (χ1) is 21.7. The second kappa shape index (κ2) is 20.9. The molecule has 0 unspecified atom stereocenters. The molecule has 4 rings (SSSR count). The Morgan fingerprint density at radius 2 is 0.864 bits per heavy atom. The quantitative estimate of drug-likeness (QED) is 0.0771. The number of hydrogen-bond acceptors (Lipinski definition) is 5. The van der Waals surface area contributed by atoms with Crippen LogP contribution in [0.5, 0.6) is 0 Å². The summed E-state index contributed by atoms with van der Waals surface area (Å²) in [6.45, 7) is 6.74. The van der Waals surface area contributed by atoms with Gasteiger partial charge in [-0.2, -0.15) is 0 Å². The topological polar surface area (TPSA) is 23.6 Å². The van der Waals surface area contributed by atoms with Crippen molar-refractivity contribution in [1.82, 2.24) is 9.80 Å². The summed E-state index contributed by atoms with van der Waals surface area (Å²) in [7, 11) is 0. The van der Waals surface area contributed by atoms with Crippen LogP contribution in [0.15, 0.2) is 43.4 Å². The van der Waals surface area contributed by atoms with Gasteiger partial charge >= 0.3 is 0 Å². The maximum Gasteiger partial charge on any atom is 0.183 e. The molecule has 2 aliphatic carbocycles. The minimum absolute atomic E-state index is 0.179. The lowest BCUT2D eigenvalue weighted by Gasteiger charge is -2.24. The summed E-state index contributed by atoms with van der Waals surface area (Å²) in [5.41, 5.74) is 3.05. The van der Waals surface area contributed by atoms with E-state index in [1.54, 1.807) is 0 Å². The maximum absolute atomic E-state index is 13.5. The van der Waals surface area contributed by atoms with Gasteiger partial charge in [-0.15, -0.1) is 0 Å². The second-order valence-corrected chi connectivity index (χ2v) is 15.9. The molecule has 0 aromatic carbocycles. The molecule has 0 spiro atoms. The highest BCUT2D eigenvalue weighted by atomic mass is 32.2. The summed E-state index contributed by atoms with van der Waals surface area (Å²) in [6.07, 6.45) is 38.6. The van der Waals surface area contributed by atoms with E-state index in [0.29, 0.717) is 0 Å². The van der Waals surface area contributed by atoms with Crippen LogP contribution in [0.3, 0.4) is 0 Å². The van der Waals surface area contributed by atoms with Gasteiger partial charge in [-0.05, 0) is 51.4 Å². The third-order valence-corrected chi connectivity index (χ3v) is 12.4. The highest BCUT2D eigenvalue weighted by Crippen LogP contribution is 2.50. The first-order valence-electron chi connectivity index (χ1n) is 19.0. The van der Waals surface area contributed by atoms with Crippen molar-refractivity contribution < 1.29 is 4.79 Å². The molecule has 0 atom stereocenters. The van der Waals surface area contributed by atoms with E-state index in [0.717, 1.165) is 13.1 Å².